The lowest BCUT2D eigenvalue weighted by molar-refractivity contribution is -0.117. The van der Waals surface area contributed by atoms with Crippen LogP contribution in [0.5, 0.6) is 0 Å². The number of carbonyl (C=O) groups excluding carboxylic acids is 2. The molecule has 7 nitrogen and oxygen atoms in total. The number of fused-ring (bicyclic) bond motifs is 1. The maximum atomic E-state index is 12.5. The van der Waals surface area contributed by atoms with Crippen molar-refractivity contribution < 1.29 is 9.59 Å². The molecule has 3 aromatic rings. The van der Waals surface area contributed by atoms with Crippen molar-refractivity contribution in [2.75, 3.05) is 10.6 Å². The zero-order chi connectivity index (χ0) is 18.7. The largest absolute Gasteiger partial charge is 0.326 e. The number of anilines is 2. The number of nitrogens with one attached hydrogen (secondary N) is 2. The Morgan fingerprint density at radius 1 is 1.15 bits per heavy atom. The molecule has 26 heavy (non-hydrogen) atoms. The van der Waals surface area contributed by atoms with Gasteiger partial charge in [0.05, 0.1) is 11.7 Å². The number of carbonyl (C=O) groups is 2. The number of hydrogen-bond donors (Lipinski definition) is 2. The second-order valence-electron chi connectivity index (χ2n) is 5.77. The molecule has 2 aromatic heterocycles. The van der Waals surface area contributed by atoms with Crippen LogP contribution in [0.3, 0.4) is 0 Å². The molecule has 2 amide bonds. The molecule has 0 unspecified atom stereocenters. The lowest BCUT2D eigenvalue weighted by Gasteiger charge is -2.08. The number of aromatic nitrogens is 2. The van der Waals surface area contributed by atoms with Crippen LogP contribution in [0.15, 0.2) is 41.5 Å². The number of aryl methyl sites for hydroxylation is 1. The first-order chi connectivity index (χ1) is 12.5. The predicted molar refractivity (Wildman–Crippen MR) is 103 cm³/mol. The Kier molecular flexibility index (Phi) is 5.13. The van der Waals surface area contributed by atoms with E-state index in [1.165, 1.54) is 29.2 Å². The highest BCUT2D eigenvalue weighted by atomic mass is 32.1. The van der Waals surface area contributed by atoms with Gasteiger partial charge in [-0.25, -0.2) is 4.98 Å². The zero-order valence-corrected chi connectivity index (χ0v) is 15.2. The summed E-state index contributed by atoms with van der Waals surface area (Å²) in [6.07, 6.45) is 2.25. The Morgan fingerprint density at radius 3 is 2.42 bits per heavy atom. The van der Waals surface area contributed by atoms with E-state index in [1.54, 1.807) is 24.3 Å². The van der Waals surface area contributed by atoms with Gasteiger partial charge in [-0.1, -0.05) is 6.92 Å². The Bertz CT molecular complexity index is 1020. The first-order valence-corrected chi connectivity index (χ1v) is 8.93. The van der Waals surface area contributed by atoms with Crippen LogP contribution in [0.25, 0.3) is 10.2 Å². The van der Waals surface area contributed by atoms with Crippen molar-refractivity contribution in [1.29, 1.82) is 0 Å². The van der Waals surface area contributed by atoms with Crippen LogP contribution in [0.1, 0.15) is 18.7 Å². The quantitative estimate of drug-likeness (QED) is 0.722. The molecule has 0 aliphatic carbocycles. The maximum Gasteiger partial charge on any atom is 0.262 e. The third kappa shape index (κ3) is 3.97. The third-order valence-electron chi connectivity index (χ3n) is 3.72. The molecular formula is C18H18N4O3S. The van der Waals surface area contributed by atoms with Gasteiger partial charge in [0.25, 0.3) is 5.56 Å². The van der Waals surface area contributed by atoms with E-state index < -0.39 is 0 Å². The number of hydrogen-bond acceptors (Lipinski definition) is 5. The Labute approximate surface area is 153 Å². The van der Waals surface area contributed by atoms with Crippen molar-refractivity contribution in [1.82, 2.24) is 9.55 Å². The fourth-order valence-electron chi connectivity index (χ4n) is 2.49. The zero-order valence-electron chi connectivity index (χ0n) is 14.4. The molecule has 8 heteroatoms. The van der Waals surface area contributed by atoms with Gasteiger partial charge in [0.15, 0.2) is 0 Å². The van der Waals surface area contributed by atoms with Crippen LogP contribution in [0, 0.1) is 0 Å². The number of benzene rings is 1. The van der Waals surface area contributed by atoms with Crippen LogP contribution >= 0.6 is 11.3 Å². The molecule has 0 saturated carbocycles. The van der Waals surface area contributed by atoms with Crippen LogP contribution in [0.4, 0.5) is 11.4 Å². The van der Waals surface area contributed by atoms with Crippen molar-refractivity contribution in [3.05, 3.63) is 51.9 Å². The summed E-state index contributed by atoms with van der Waals surface area (Å²) in [7, 11) is 0. The highest BCUT2D eigenvalue weighted by Gasteiger charge is 2.11. The molecule has 0 radical (unpaired) electrons. The predicted octanol–water partition coefficient (Wildman–Crippen LogP) is 2.62. The summed E-state index contributed by atoms with van der Waals surface area (Å²) >= 11 is 1.49. The summed E-state index contributed by atoms with van der Waals surface area (Å²) in [6.45, 7) is 3.33. The number of amides is 2. The molecule has 0 spiro atoms. The van der Waals surface area contributed by atoms with Crippen molar-refractivity contribution >= 4 is 44.7 Å². The van der Waals surface area contributed by atoms with Gasteiger partial charge >= 0.3 is 0 Å². The first-order valence-electron chi connectivity index (χ1n) is 8.11. The summed E-state index contributed by atoms with van der Waals surface area (Å²) in [5, 5.41) is 5.92. The molecule has 1 aromatic carbocycles. The average Bonchev–Trinajstić information content (AvgIpc) is 3.03. The molecule has 3 rings (SSSR count). The molecule has 134 valence electrons. The summed E-state index contributed by atoms with van der Waals surface area (Å²) in [6, 6.07) is 8.58. The molecule has 0 aliphatic heterocycles. The van der Waals surface area contributed by atoms with Gasteiger partial charge in [-0.3, -0.25) is 19.0 Å². The standard InChI is InChI=1S/C18H18N4O3S/c1-3-14-8-15-17(26-14)19-10-22(18(15)25)9-16(24)21-13-6-4-12(5-7-13)20-11(2)23/h4-8,10H,3,9H2,1-2H3,(H,20,23)(H,21,24). The SMILES string of the molecule is CCc1cc2c(=O)n(CC(=O)Nc3ccc(NC(C)=O)cc3)cnc2s1. The van der Waals surface area contributed by atoms with E-state index in [2.05, 4.69) is 15.6 Å². The van der Waals surface area contributed by atoms with Crippen molar-refractivity contribution in [2.24, 2.45) is 0 Å². The van der Waals surface area contributed by atoms with Gasteiger partial charge < -0.3 is 10.6 Å². The van der Waals surface area contributed by atoms with E-state index in [0.29, 0.717) is 21.6 Å². The minimum Gasteiger partial charge on any atom is -0.326 e. The fraction of sp³-hybridized carbons (Fsp3) is 0.222. The van der Waals surface area contributed by atoms with E-state index >= 15 is 0 Å². The molecular weight excluding hydrogens is 352 g/mol. The van der Waals surface area contributed by atoms with Gasteiger partial charge in [0.1, 0.15) is 11.4 Å². The smallest absolute Gasteiger partial charge is 0.262 e. The van der Waals surface area contributed by atoms with E-state index in [1.807, 2.05) is 13.0 Å². The van der Waals surface area contributed by atoms with Gasteiger partial charge in [-0.15, -0.1) is 11.3 Å². The summed E-state index contributed by atoms with van der Waals surface area (Å²) in [4.78, 5) is 41.8. The molecule has 0 aliphatic rings. The van der Waals surface area contributed by atoms with Gasteiger partial charge in [0.2, 0.25) is 11.8 Å². The minimum absolute atomic E-state index is 0.119. The third-order valence-corrected chi connectivity index (χ3v) is 4.91. The summed E-state index contributed by atoms with van der Waals surface area (Å²) in [5.74, 6) is -0.491. The molecule has 2 heterocycles. The van der Waals surface area contributed by atoms with Crippen LogP contribution in [-0.4, -0.2) is 21.4 Å². The maximum absolute atomic E-state index is 12.5. The minimum atomic E-state index is -0.327. The number of thiophene rings is 1. The Hall–Kier alpha value is -3.00. The average molecular weight is 370 g/mol. The number of nitrogens with zero attached hydrogens (tertiary/aromatic N) is 2. The second kappa shape index (κ2) is 7.49. The molecule has 0 bridgehead atoms. The lowest BCUT2D eigenvalue weighted by Crippen LogP contribution is -2.27. The van der Waals surface area contributed by atoms with Crippen molar-refractivity contribution in [3.63, 3.8) is 0 Å². The van der Waals surface area contributed by atoms with Gasteiger partial charge in [-0.05, 0) is 36.8 Å². The molecule has 2 N–H and O–H groups in total. The second-order valence-corrected chi connectivity index (χ2v) is 6.88. The highest BCUT2D eigenvalue weighted by Crippen LogP contribution is 2.21. The molecule has 0 atom stereocenters. The molecule has 0 saturated heterocycles. The molecule has 0 fully saturated rings. The van der Waals surface area contributed by atoms with Crippen LogP contribution < -0.4 is 16.2 Å². The van der Waals surface area contributed by atoms with E-state index in [-0.39, 0.29) is 23.9 Å². The summed E-state index contributed by atoms with van der Waals surface area (Å²) in [5.41, 5.74) is 1.00. The lowest BCUT2D eigenvalue weighted by atomic mass is 10.2. The van der Waals surface area contributed by atoms with Gasteiger partial charge in [-0.2, -0.15) is 0 Å². The highest BCUT2D eigenvalue weighted by molar-refractivity contribution is 7.18. The van der Waals surface area contributed by atoms with Crippen molar-refractivity contribution in [2.45, 2.75) is 26.8 Å². The topological polar surface area (TPSA) is 93.1 Å². The first kappa shape index (κ1) is 17.8. The van der Waals surface area contributed by atoms with Crippen LogP contribution in [0.2, 0.25) is 0 Å². The van der Waals surface area contributed by atoms with E-state index in [0.717, 1.165) is 11.3 Å². The normalized spacial score (nSPS) is 10.7. The summed E-state index contributed by atoms with van der Waals surface area (Å²) < 4.78 is 1.30. The van der Waals surface area contributed by atoms with E-state index in [4.69, 9.17) is 0 Å². The Balaban J connectivity index is 1.71. The monoisotopic (exact) mass is 370 g/mol. The van der Waals surface area contributed by atoms with Gasteiger partial charge in [0, 0.05) is 23.2 Å². The van der Waals surface area contributed by atoms with Crippen molar-refractivity contribution in [3.8, 4) is 0 Å². The van der Waals surface area contributed by atoms with Crippen LogP contribution in [-0.2, 0) is 22.6 Å². The Morgan fingerprint density at radius 2 is 1.81 bits per heavy atom. The van der Waals surface area contributed by atoms with E-state index in [9.17, 15) is 14.4 Å². The fourth-order valence-corrected chi connectivity index (χ4v) is 3.42. The number of rotatable bonds is 5.